The van der Waals surface area contributed by atoms with Crippen molar-refractivity contribution in [1.29, 1.82) is 0 Å². The van der Waals surface area contributed by atoms with Gasteiger partial charge in [0, 0.05) is 11.4 Å². The Morgan fingerprint density at radius 3 is 2.75 bits per heavy atom. The van der Waals surface area contributed by atoms with Crippen molar-refractivity contribution in [3.63, 3.8) is 0 Å². The van der Waals surface area contributed by atoms with Crippen LogP contribution < -0.4 is 5.32 Å². The van der Waals surface area contributed by atoms with Crippen LogP contribution >= 0.6 is 11.3 Å². The van der Waals surface area contributed by atoms with Gasteiger partial charge in [-0.25, -0.2) is 4.79 Å². The number of ether oxygens (including phenoxy) is 1. The number of aryl methyl sites for hydroxylation is 1. The fourth-order valence-electron chi connectivity index (χ4n) is 2.14. The summed E-state index contributed by atoms with van der Waals surface area (Å²) < 4.78 is 4.91. The summed E-state index contributed by atoms with van der Waals surface area (Å²) in [4.78, 5) is 13.3. The molecule has 0 amide bonds. The zero-order valence-electron chi connectivity index (χ0n) is 11.8. The molecule has 0 fully saturated rings. The number of benzene rings is 1. The number of esters is 1. The van der Waals surface area contributed by atoms with Gasteiger partial charge >= 0.3 is 5.97 Å². The first-order valence-corrected chi connectivity index (χ1v) is 7.49. The zero-order valence-corrected chi connectivity index (χ0v) is 12.6. The van der Waals surface area contributed by atoms with Gasteiger partial charge in [0.05, 0.1) is 7.11 Å². The van der Waals surface area contributed by atoms with E-state index >= 15 is 0 Å². The molecular formula is C16H19NO2S. The van der Waals surface area contributed by atoms with E-state index in [1.54, 1.807) is 11.3 Å². The first kappa shape index (κ1) is 14.8. The highest BCUT2D eigenvalue weighted by Gasteiger charge is 2.21. The Labute approximate surface area is 123 Å². The Kier molecular flexibility index (Phi) is 5.32. The molecule has 1 heterocycles. The maximum atomic E-state index is 12.0. The standard InChI is InChI=1S/C16H19NO2S/c1-12-6-3-4-8-14(12)15(16(18)19-2)17-10-9-13-7-5-11-20-13/h3-8,11,15,17H,9-10H2,1-2H3/t15-/m0/s1. The average molecular weight is 289 g/mol. The smallest absolute Gasteiger partial charge is 0.327 e. The van der Waals surface area contributed by atoms with E-state index in [2.05, 4.69) is 16.8 Å². The molecule has 1 aromatic heterocycles. The van der Waals surface area contributed by atoms with E-state index in [0.717, 1.165) is 24.1 Å². The Bertz CT molecular complexity index is 551. The van der Waals surface area contributed by atoms with E-state index in [0.29, 0.717) is 0 Å². The number of carbonyl (C=O) groups excluding carboxylic acids is 1. The number of rotatable bonds is 6. The predicted molar refractivity (Wildman–Crippen MR) is 82.0 cm³/mol. The summed E-state index contributed by atoms with van der Waals surface area (Å²) in [6, 6.07) is 11.6. The number of methoxy groups -OCH3 is 1. The second-order valence-electron chi connectivity index (χ2n) is 4.60. The van der Waals surface area contributed by atoms with Gasteiger partial charge in [0.25, 0.3) is 0 Å². The highest BCUT2D eigenvalue weighted by Crippen LogP contribution is 2.19. The van der Waals surface area contributed by atoms with Gasteiger partial charge < -0.3 is 10.1 Å². The van der Waals surface area contributed by atoms with Gasteiger partial charge in [0.15, 0.2) is 0 Å². The second kappa shape index (κ2) is 7.22. The van der Waals surface area contributed by atoms with Crippen molar-refractivity contribution in [3.05, 3.63) is 57.8 Å². The van der Waals surface area contributed by atoms with Crippen LogP contribution in [0.1, 0.15) is 22.0 Å². The maximum Gasteiger partial charge on any atom is 0.327 e. The fraction of sp³-hybridized carbons (Fsp3) is 0.312. The average Bonchev–Trinajstić information content (AvgIpc) is 2.97. The molecule has 0 aliphatic heterocycles. The first-order valence-electron chi connectivity index (χ1n) is 6.61. The maximum absolute atomic E-state index is 12.0. The molecule has 2 aromatic rings. The minimum atomic E-state index is -0.402. The number of nitrogens with one attached hydrogen (secondary N) is 1. The summed E-state index contributed by atoms with van der Waals surface area (Å²) >= 11 is 1.73. The van der Waals surface area contributed by atoms with E-state index in [-0.39, 0.29) is 5.97 Å². The van der Waals surface area contributed by atoms with Crippen LogP contribution in [0.25, 0.3) is 0 Å². The summed E-state index contributed by atoms with van der Waals surface area (Å²) in [5.74, 6) is -0.245. The fourth-order valence-corrected chi connectivity index (χ4v) is 2.85. The lowest BCUT2D eigenvalue weighted by molar-refractivity contribution is -0.143. The SMILES string of the molecule is COC(=O)[C@@H](NCCc1cccs1)c1ccccc1C. The third-order valence-electron chi connectivity index (χ3n) is 3.24. The highest BCUT2D eigenvalue weighted by molar-refractivity contribution is 7.09. The summed E-state index contributed by atoms with van der Waals surface area (Å²) in [5.41, 5.74) is 2.07. The summed E-state index contributed by atoms with van der Waals surface area (Å²) in [6.07, 6.45) is 0.914. The zero-order chi connectivity index (χ0) is 14.4. The van der Waals surface area contributed by atoms with Crippen LogP contribution in [-0.2, 0) is 16.0 Å². The van der Waals surface area contributed by atoms with Crippen molar-refractivity contribution in [2.75, 3.05) is 13.7 Å². The van der Waals surface area contributed by atoms with Gasteiger partial charge in [-0.2, -0.15) is 0 Å². The van der Waals surface area contributed by atoms with Crippen molar-refractivity contribution < 1.29 is 9.53 Å². The van der Waals surface area contributed by atoms with Gasteiger partial charge in [0.2, 0.25) is 0 Å². The Balaban J connectivity index is 2.04. The van der Waals surface area contributed by atoms with E-state index in [9.17, 15) is 4.79 Å². The molecule has 0 aliphatic rings. The van der Waals surface area contributed by atoms with Gasteiger partial charge in [-0.15, -0.1) is 11.3 Å². The number of carbonyl (C=O) groups is 1. The molecule has 0 unspecified atom stereocenters. The molecule has 3 nitrogen and oxygen atoms in total. The summed E-state index contributed by atoms with van der Waals surface area (Å²) in [6.45, 7) is 2.75. The van der Waals surface area contributed by atoms with E-state index in [1.165, 1.54) is 12.0 Å². The monoisotopic (exact) mass is 289 g/mol. The number of hydrogen-bond acceptors (Lipinski definition) is 4. The van der Waals surface area contributed by atoms with Crippen LogP contribution in [0.5, 0.6) is 0 Å². The van der Waals surface area contributed by atoms with Crippen LogP contribution in [0.4, 0.5) is 0 Å². The summed E-state index contributed by atoms with van der Waals surface area (Å²) in [7, 11) is 1.43. The molecule has 1 atom stereocenters. The molecule has 106 valence electrons. The van der Waals surface area contributed by atoms with E-state index in [1.807, 2.05) is 37.3 Å². The minimum Gasteiger partial charge on any atom is -0.468 e. The normalized spacial score (nSPS) is 12.1. The topological polar surface area (TPSA) is 38.3 Å². The summed E-state index contributed by atoms with van der Waals surface area (Å²) in [5, 5.41) is 5.36. The van der Waals surface area contributed by atoms with Crippen LogP contribution in [0.2, 0.25) is 0 Å². The molecule has 1 N–H and O–H groups in total. The number of thiophene rings is 1. The van der Waals surface area contributed by atoms with Gasteiger partial charge in [-0.05, 0) is 35.9 Å². The Morgan fingerprint density at radius 1 is 1.30 bits per heavy atom. The molecule has 0 aliphatic carbocycles. The van der Waals surface area contributed by atoms with Gasteiger partial charge in [-0.1, -0.05) is 30.3 Å². The van der Waals surface area contributed by atoms with E-state index < -0.39 is 6.04 Å². The lowest BCUT2D eigenvalue weighted by Gasteiger charge is -2.18. The molecule has 1 aromatic carbocycles. The Hall–Kier alpha value is -1.65. The molecule has 0 saturated carbocycles. The second-order valence-corrected chi connectivity index (χ2v) is 5.63. The largest absolute Gasteiger partial charge is 0.468 e. The van der Waals surface area contributed by atoms with Crippen molar-refractivity contribution >= 4 is 17.3 Å². The Morgan fingerprint density at radius 2 is 2.10 bits per heavy atom. The van der Waals surface area contributed by atoms with Crippen molar-refractivity contribution in [3.8, 4) is 0 Å². The third-order valence-corrected chi connectivity index (χ3v) is 4.17. The van der Waals surface area contributed by atoms with Gasteiger partial charge in [0.1, 0.15) is 6.04 Å². The van der Waals surface area contributed by atoms with Crippen LogP contribution in [-0.4, -0.2) is 19.6 Å². The lowest BCUT2D eigenvalue weighted by Crippen LogP contribution is -2.31. The third kappa shape index (κ3) is 3.68. The molecule has 20 heavy (non-hydrogen) atoms. The molecule has 2 rings (SSSR count). The molecule has 4 heteroatoms. The molecule has 0 saturated heterocycles. The van der Waals surface area contributed by atoms with Crippen LogP contribution in [0.3, 0.4) is 0 Å². The van der Waals surface area contributed by atoms with Crippen molar-refractivity contribution in [2.45, 2.75) is 19.4 Å². The quantitative estimate of drug-likeness (QED) is 0.830. The van der Waals surface area contributed by atoms with Crippen LogP contribution in [0, 0.1) is 6.92 Å². The molecular weight excluding hydrogens is 270 g/mol. The predicted octanol–water partition coefficient (Wildman–Crippen LogP) is 3.10. The van der Waals surface area contributed by atoms with Crippen molar-refractivity contribution in [2.24, 2.45) is 0 Å². The molecule has 0 radical (unpaired) electrons. The van der Waals surface area contributed by atoms with Crippen LogP contribution in [0.15, 0.2) is 41.8 Å². The number of hydrogen-bond donors (Lipinski definition) is 1. The highest BCUT2D eigenvalue weighted by atomic mass is 32.1. The minimum absolute atomic E-state index is 0.245. The molecule has 0 spiro atoms. The van der Waals surface area contributed by atoms with Crippen molar-refractivity contribution in [1.82, 2.24) is 5.32 Å². The van der Waals surface area contributed by atoms with Gasteiger partial charge in [-0.3, -0.25) is 0 Å². The first-order chi connectivity index (χ1) is 9.72. The molecule has 0 bridgehead atoms. The lowest BCUT2D eigenvalue weighted by atomic mass is 10.0. The van der Waals surface area contributed by atoms with E-state index in [4.69, 9.17) is 4.74 Å².